The molecule has 0 aliphatic carbocycles. The number of hydrogen-bond donors (Lipinski definition) is 1. The van der Waals surface area contributed by atoms with E-state index in [-0.39, 0.29) is 0 Å². The van der Waals surface area contributed by atoms with Crippen molar-refractivity contribution in [2.45, 2.75) is 67.2 Å². The van der Waals surface area contributed by atoms with Crippen LogP contribution >= 0.6 is 0 Å². The van der Waals surface area contributed by atoms with Gasteiger partial charge in [0.15, 0.2) is 0 Å². The Bertz CT molecular complexity index is 58.3. The minimum Gasteiger partial charge on any atom is -0.320 e. The lowest BCUT2D eigenvalue weighted by atomic mass is 10.1. The second kappa shape index (κ2) is 23.1. The largest absolute Gasteiger partial charge is 0.320 e. The van der Waals surface area contributed by atoms with E-state index in [0.29, 0.717) is 0 Å². The van der Waals surface area contributed by atoms with Gasteiger partial charge in [0, 0.05) is 0 Å². The van der Waals surface area contributed by atoms with Crippen LogP contribution in [0.4, 0.5) is 0 Å². The van der Waals surface area contributed by atoms with Crippen LogP contribution in [0.15, 0.2) is 0 Å². The van der Waals surface area contributed by atoms with Gasteiger partial charge in [-0.1, -0.05) is 67.2 Å². The average Bonchev–Trinajstić information content (AvgIpc) is 2.21. The maximum atomic E-state index is 2.93. The van der Waals surface area contributed by atoms with Gasteiger partial charge in [-0.3, -0.25) is 0 Å². The SMILES string of the molecule is CC.CCCCCC(C)C.CCNC. The summed E-state index contributed by atoms with van der Waals surface area (Å²) < 4.78 is 0. The standard InChI is InChI=1S/C8H18.C3H9N.C2H6/c1-4-5-6-7-8(2)3;1-3-4-2;1-2/h8H,4-7H2,1-3H3;4H,3H2,1-2H3;1-2H3. The minimum atomic E-state index is 0.904. The highest BCUT2D eigenvalue weighted by molar-refractivity contribution is 4.44. The fourth-order valence-corrected chi connectivity index (χ4v) is 0.803. The van der Waals surface area contributed by atoms with Gasteiger partial charge in [-0.2, -0.15) is 0 Å². The molecule has 0 unspecified atom stereocenters. The number of unbranched alkanes of at least 4 members (excludes halogenated alkanes) is 2. The zero-order chi connectivity index (χ0) is 11.8. The molecule has 1 heteroatoms. The highest BCUT2D eigenvalue weighted by atomic mass is 14.8. The molecule has 0 aromatic rings. The van der Waals surface area contributed by atoms with Gasteiger partial charge in [0.2, 0.25) is 0 Å². The Hall–Kier alpha value is -0.0400. The first-order valence-electron chi connectivity index (χ1n) is 6.33. The predicted molar refractivity (Wildman–Crippen MR) is 69.9 cm³/mol. The molecule has 0 aliphatic heterocycles. The van der Waals surface area contributed by atoms with Gasteiger partial charge in [0.25, 0.3) is 0 Å². The lowest BCUT2D eigenvalue weighted by Crippen LogP contribution is -2.01. The normalized spacial score (nSPS) is 8.57. The van der Waals surface area contributed by atoms with E-state index in [0.717, 1.165) is 12.5 Å². The monoisotopic (exact) mass is 203 g/mol. The van der Waals surface area contributed by atoms with E-state index in [1.807, 2.05) is 20.9 Å². The van der Waals surface area contributed by atoms with Gasteiger partial charge >= 0.3 is 0 Å². The summed E-state index contributed by atoms with van der Waals surface area (Å²) in [5.74, 6) is 0.904. The van der Waals surface area contributed by atoms with E-state index in [9.17, 15) is 0 Å². The van der Waals surface area contributed by atoms with Crippen LogP contribution in [0.2, 0.25) is 0 Å². The van der Waals surface area contributed by atoms with Crippen molar-refractivity contribution in [1.82, 2.24) is 5.32 Å². The van der Waals surface area contributed by atoms with E-state index in [1.165, 1.54) is 25.7 Å². The third-order valence-electron chi connectivity index (χ3n) is 1.74. The van der Waals surface area contributed by atoms with Crippen molar-refractivity contribution in [2.24, 2.45) is 5.92 Å². The first-order valence-corrected chi connectivity index (χ1v) is 6.33. The molecule has 0 bridgehead atoms. The Labute approximate surface area is 92.7 Å². The lowest BCUT2D eigenvalue weighted by Gasteiger charge is -2.00. The van der Waals surface area contributed by atoms with Crippen molar-refractivity contribution in [3.8, 4) is 0 Å². The summed E-state index contributed by atoms with van der Waals surface area (Å²) in [6, 6.07) is 0. The molecule has 0 heterocycles. The number of rotatable bonds is 5. The molecule has 0 radical (unpaired) electrons. The van der Waals surface area contributed by atoms with Crippen LogP contribution in [0.1, 0.15) is 67.2 Å². The maximum absolute atomic E-state index is 2.93. The smallest absolute Gasteiger partial charge is 0.00804 e. The van der Waals surface area contributed by atoms with E-state index in [4.69, 9.17) is 0 Å². The maximum Gasteiger partial charge on any atom is -0.00804 e. The van der Waals surface area contributed by atoms with Crippen molar-refractivity contribution >= 4 is 0 Å². The highest BCUT2D eigenvalue weighted by Crippen LogP contribution is 2.06. The van der Waals surface area contributed by atoms with Gasteiger partial charge < -0.3 is 5.32 Å². The highest BCUT2D eigenvalue weighted by Gasteiger charge is 1.90. The molecule has 0 spiro atoms. The summed E-state index contributed by atoms with van der Waals surface area (Å²) in [7, 11) is 1.93. The van der Waals surface area contributed by atoms with Crippen LogP contribution in [0.5, 0.6) is 0 Å². The quantitative estimate of drug-likeness (QED) is 0.650. The molecule has 0 rings (SSSR count). The van der Waals surface area contributed by atoms with Gasteiger partial charge in [-0.25, -0.2) is 0 Å². The van der Waals surface area contributed by atoms with Gasteiger partial charge in [-0.05, 0) is 19.5 Å². The molecule has 0 saturated carbocycles. The van der Waals surface area contributed by atoms with Crippen LogP contribution in [0.25, 0.3) is 0 Å². The van der Waals surface area contributed by atoms with E-state index < -0.39 is 0 Å². The zero-order valence-corrected chi connectivity index (χ0v) is 11.6. The van der Waals surface area contributed by atoms with Crippen molar-refractivity contribution in [2.75, 3.05) is 13.6 Å². The summed E-state index contributed by atoms with van der Waals surface area (Å²) in [6.07, 6.45) is 5.60. The summed E-state index contributed by atoms with van der Waals surface area (Å²) >= 11 is 0. The average molecular weight is 203 g/mol. The molecule has 0 aliphatic rings. The van der Waals surface area contributed by atoms with Crippen LogP contribution in [0.3, 0.4) is 0 Å². The summed E-state index contributed by atoms with van der Waals surface area (Å²) in [5.41, 5.74) is 0. The van der Waals surface area contributed by atoms with Crippen LogP contribution in [-0.4, -0.2) is 13.6 Å². The summed E-state index contributed by atoms with van der Waals surface area (Å²) in [5, 5.41) is 2.93. The van der Waals surface area contributed by atoms with Crippen LogP contribution in [-0.2, 0) is 0 Å². The summed E-state index contributed by atoms with van der Waals surface area (Å²) in [4.78, 5) is 0. The van der Waals surface area contributed by atoms with Crippen LogP contribution < -0.4 is 5.32 Å². The second-order valence-electron chi connectivity index (χ2n) is 3.60. The zero-order valence-electron chi connectivity index (χ0n) is 11.6. The molecule has 1 N–H and O–H groups in total. The molecule has 1 nitrogen and oxygen atoms in total. The van der Waals surface area contributed by atoms with Crippen molar-refractivity contribution in [1.29, 1.82) is 0 Å². The third-order valence-corrected chi connectivity index (χ3v) is 1.74. The molecular formula is C13H33N. The molecule has 90 valence electrons. The number of nitrogens with one attached hydrogen (secondary N) is 1. The van der Waals surface area contributed by atoms with Gasteiger partial charge in [0.05, 0.1) is 0 Å². The Balaban J connectivity index is -0.000000170. The van der Waals surface area contributed by atoms with Crippen molar-refractivity contribution in [3.05, 3.63) is 0 Å². The Morgan fingerprint density at radius 1 is 1.00 bits per heavy atom. The van der Waals surface area contributed by atoms with E-state index >= 15 is 0 Å². The van der Waals surface area contributed by atoms with E-state index in [2.05, 4.69) is 33.0 Å². The van der Waals surface area contributed by atoms with Crippen molar-refractivity contribution in [3.63, 3.8) is 0 Å². The fourth-order valence-electron chi connectivity index (χ4n) is 0.803. The summed E-state index contributed by atoms with van der Waals surface area (Å²) in [6.45, 7) is 14.0. The molecule has 0 aromatic carbocycles. The van der Waals surface area contributed by atoms with Crippen LogP contribution in [0, 0.1) is 5.92 Å². The fraction of sp³-hybridized carbons (Fsp3) is 1.00. The Morgan fingerprint density at radius 3 is 1.64 bits per heavy atom. The number of hydrogen-bond acceptors (Lipinski definition) is 1. The third kappa shape index (κ3) is 40.4. The second-order valence-corrected chi connectivity index (χ2v) is 3.60. The predicted octanol–water partition coefficient (Wildman–Crippen LogP) is 4.47. The molecule has 14 heavy (non-hydrogen) atoms. The molecule has 0 aromatic heterocycles. The van der Waals surface area contributed by atoms with Gasteiger partial charge in [-0.15, -0.1) is 0 Å². The molecule has 0 saturated heterocycles. The van der Waals surface area contributed by atoms with Gasteiger partial charge in [0.1, 0.15) is 0 Å². The first-order chi connectivity index (χ1) is 6.68. The molecular weight excluding hydrogens is 170 g/mol. The topological polar surface area (TPSA) is 12.0 Å². The Morgan fingerprint density at radius 2 is 1.43 bits per heavy atom. The van der Waals surface area contributed by atoms with E-state index in [1.54, 1.807) is 0 Å². The van der Waals surface area contributed by atoms with Crippen molar-refractivity contribution < 1.29 is 0 Å². The first kappa shape index (κ1) is 19.5. The Kier molecular flexibility index (Phi) is 32.2. The minimum absolute atomic E-state index is 0.904. The molecule has 0 atom stereocenters. The lowest BCUT2D eigenvalue weighted by molar-refractivity contribution is 0.534. The molecule has 0 amide bonds. The molecule has 0 fully saturated rings.